The van der Waals surface area contributed by atoms with E-state index >= 15 is 0 Å². The molecule has 2 heterocycles. The fourth-order valence-corrected chi connectivity index (χ4v) is 4.11. The average molecular weight is 372 g/mol. The highest BCUT2D eigenvalue weighted by Gasteiger charge is 2.49. The molecule has 0 radical (unpaired) electrons. The third-order valence-corrected chi connectivity index (χ3v) is 5.53. The van der Waals surface area contributed by atoms with Crippen LogP contribution in [0.4, 0.5) is 13.2 Å². The van der Waals surface area contributed by atoms with Crippen molar-refractivity contribution in [2.45, 2.75) is 26.3 Å². The topological polar surface area (TPSA) is 53.0 Å². The first-order valence-electron chi connectivity index (χ1n) is 8.64. The molecule has 2 aliphatic rings. The number of carbonyl (C=O) groups is 1. The van der Waals surface area contributed by atoms with Gasteiger partial charge in [-0.15, -0.1) is 13.2 Å². The molecule has 0 spiro atoms. The van der Waals surface area contributed by atoms with Crippen LogP contribution in [0.5, 0.6) is 5.75 Å². The first-order chi connectivity index (χ1) is 12.2. The maximum atomic E-state index is 12.2. The van der Waals surface area contributed by atoms with E-state index in [-0.39, 0.29) is 29.6 Å². The molecule has 0 aromatic heterocycles. The fourth-order valence-electron chi connectivity index (χ4n) is 4.11. The number of hydrogen-bond donors (Lipinski definition) is 1. The summed E-state index contributed by atoms with van der Waals surface area (Å²) in [5, 5.41) is 9.95. The maximum absolute atomic E-state index is 12.2. The molecule has 26 heavy (non-hydrogen) atoms. The summed E-state index contributed by atoms with van der Waals surface area (Å²) >= 11 is 0. The van der Waals surface area contributed by atoms with Crippen LogP contribution in [0, 0.1) is 11.3 Å². The molecule has 1 aromatic carbocycles. The van der Waals surface area contributed by atoms with E-state index in [4.69, 9.17) is 0 Å². The van der Waals surface area contributed by atoms with Gasteiger partial charge in [-0.1, -0.05) is 12.1 Å². The molecule has 0 saturated carbocycles. The number of nitrogens with zero attached hydrogens (tertiary/aromatic N) is 2. The second kappa shape index (κ2) is 7.08. The lowest BCUT2D eigenvalue weighted by molar-refractivity contribution is -0.274. The third-order valence-electron chi connectivity index (χ3n) is 5.53. The van der Waals surface area contributed by atoms with Gasteiger partial charge in [-0.05, 0) is 30.0 Å². The zero-order valence-electron chi connectivity index (χ0n) is 14.6. The van der Waals surface area contributed by atoms with Crippen molar-refractivity contribution in [2.75, 3.05) is 32.8 Å². The van der Waals surface area contributed by atoms with E-state index in [1.165, 1.54) is 12.1 Å². The number of rotatable bonds is 4. The van der Waals surface area contributed by atoms with Crippen molar-refractivity contribution in [1.82, 2.24) is 9.80 Å². The second-order valence-corrected chi connectivity index (χ2v) is 7.29. The molecule has 0 aliphatic carbocycles. The van der Waals surface area contributed by atoms with E-state index in [0.717, 1.165) is 25.1 Å². The van der Waals surface area contributed by atoms with Crippen LogP contribution in [-0.2, 0) is 11.3 Å². The number of ether oxygens (including phenoxy) is 1. The number of aliphatic hydroxyl groups excluding tert-OH is 1. The van der Waals surface area contributed by atoms with Gasteiger partial charge in [0.15, 0.2) is 0 Å². The van der Waals surface area contributed by atoms with Crippen LogP contribution < -0.4 is 4.74 Å². The Morgan fingerprint density at radius 3 is 2.58 bits per heavy atom. The first kappa shape index (κ1) is 19.0. The summed E-state index contributed by atoms with van der Waals surface area (Å²) in [6, 6.07) is 5.86. The molecule has 0 unspecified atom stereocenters. The third kappa shape index (κ3) is 4.12. The van der Waals surface area contributed by atoms with E-state index < -0.39 is 6.36 Å². The Balaban J connectivity index is 1.64. The normalized spacial score (nSPS) is 26.7. The molecule has 3 rings (SSSR count). The Morgan fingerprint density at radius 1 is 1.31 bits per heavy atom. The summed E-state index contributed by atoms with van der Waals surface area (Å²) in [5.41, 5.74) is 0.681. The van der Waals surface area contributed by atoms with Gasteiger partial charge in [0.2, 0.25) is 5.91 Å². The van der Waals surface area contributed by atoms with Gasteiger partial charge in [0.1, 0.15) is 5.75 Å². The molecule has 8 heteroatoms. The summed E-state index contributed by atoms with van der Waals surface area (Å²) in [6.45, 7) is 5.01. The van der Waals surface area contributed by atoms with Crippen molar-refractivity contribution in [1.29, 1.82) is 0 Å². The summed E-state index contributed by atoms with van der Waals surface area (Å²) in [5.74, 6) is 0.0218. The van der Waals surface area contributed by atoms with Crippen molar-refractivity contribution in [3.05, 3.63) is 29.8 Å². The van der Waals surface area contributed by atoms with Crippen LogP contribution in [0.15, 0.2) is 24.3 Å². The smallest absolute Gasteiger partial charge is 0.406 e. The molecule has 1 amide bonds. The van der Waals surface area contributed by atoms with Gasteiger partial charge in [-0.25, -0.2) is 0 Å². The zero-order valence-corrected chi connectivity index (χ0v) is 14.6. The van der Waals surface area contributed by atoms with E-state index in [1.807, 2.05) is 4.90 Å². The lowest BCUT2D eigenvalue weighted by atomic mass is 9.73. The molecule has 144 valence electrons. The standard InChI is InChI=1S/C18H23F3N2O3/c1-13(25)23-7-6-17(12-24)11-22(9-15(17)10-23)8-14-2-4-16(5-3-14)26-18(19,20)21/h2-5,15,24H,6-12H2,1H3/t15-,17-/m0/s1. The van der Waals surface area contributed by atoms with E-state index in [0.29, 0.717) is 19.6 Å². The van der Waals surface area contributed by atoms with Crippen molar-refractivity contribution < 1.29 is 27.8 Å². The number of benzene rings is 1. The fraction of sp³-hybridized carbons (Fsp3) is 0.611. The quantitative estimate of drug-likeness (QED) is 0.881. The largest absolute Gasteiger partial charge is 0.573 e. The number of halogens is 3. The number of amides is 1. The van der Waals surface area contributed by atoms with Crippen LogP contribution in [0.3, 0.4) is 0 Å². The van der Waals surface area contributed by atoms with Gasteiger partial charge in [0, 0.05) is 45.1 Å². The van der Waals surface area contributed by atoms with E-state index in [9.17, 15) is 23.1 Å². The molecular weight excluding hydrogens is 349 g/mol. The Hall–Kier alpha value is -1.80. The Bertz CT molecular complexity index is 650. The van der Waals surface area contributed by atoms with Crippen molar-refractivity contribution in [3.8, 4) is 5.75 Å². The molecule has 2 fully saturated rings. The SMILES string of the molecule is CC(=O)N1CC[C@@]2(CO)CN(Cc3ccc(OC(F)(F)F)cc3)C[C@H]2C1. The highest BCUT2D eigenvalue weighted by atomic mass is 19.4. The number of likely N-dealkylation sites (tertiary alicyclic amines) is 2. The number of carbonyl (C=O) groups excluding carboxylic acids is 1. The molecule has 0 bridgehead atoms. The Labute approximate surface area is 150 Å². The first-order valence-corrected chi connectivity index (χ1v) is 8.64. The van der Waals surface area contributed by atoms with Crippen molar-refractivity contribution in [3.63, 3.8) is 0 Å². The van der Waals surface area contributed by atoms with Gasteiger partial charge < -0.3 is 14.7 Å². The lowest BCUT2D eigenvalue weighted by Crippen LogP contribution is -2.50. The number of piperidine rings is 1. The van der Waals surface area contributed by atoms with Gasteiger partial charge in [-0.2, -0.15) is 0 Å². The zero-order chi connectivity index (χ0) is 18.9. The predicted molar refractivity (Wildman–Crippen MR) is 88.3 cm³/mol. The van der Waals surface area contributed by atoms with E-state index in [1.54, 1.807) is 19.1 Å². The summed E-state index contributed by atoms with van der Waals surface area (Å²) in [6.07, 6.45) is -3.93. The lowest BCUT2D eigenvalue weighted by Gasteiger charge is -2.42. The molecule has 1 aromatic rings. The van der Waals surface area contributed by atoms with Crippen molar-refractivity contribution >= 4 is 5.91 Å². The molecule has 2 atom stereocenters. The highest BCUT2D eigenvalue weighted by molar-refractivity contribution is 5.73. The van der Waals surface area contributed by atoms with Crippen LogP contribution in [0.2, 0.25) is 0 Å². The predicted octanol–water partition coefficient (Wildman–Crippen LogP) is 2.25. The summed E-state index contributed by atoms with van der Waals surface area (Å²) in [4.78, 5) is 15.7. The number of hydrogen-bond acceptors (Lipinski definition) is 4. The monoisotopic (exact) mass is 372 g/mol. The second-order valence-electron chi connectivity index (χ2n) is 7.29. The van der Waals surface area contributed by atoms with Crippen molar-refractivity contribution in [2.24, 2.45) is 11.3 Å². The Morgan fingerprint density at radius 2 is 2.00 bits per heavy atom. The average Bonchev–Trinajstić information content (AvgIpc) is 2.92. The summed E-state index contributed by atoms with van der Waals surface area (Å²) in [7, 11) is 0. The minimum absolute atomic E-state index is 0.0512. The van der Waals surface area contributed by atoms with Crippen LogP contribution in [0.25, 0.3) is 0 Å². The highest BCUT2D eigenvalue weighted by Crippen LogP contribution is 2.43. The Kier molecular flexibility index (Phi) is 5.16. The molecule has 5 nitrogen and oxygen atoms in total. The summed E-state index contributed by atoms with van der Waals surface area (Å²) < 4.78 is 40.6. The molecule has 2 aliphatic heterocycles. The van der Waals surface area contributed by atoms with Gasteiger partial charge in [0.25, 0.3) is 0 Å². The van der Waals surface area contributed by atoms with Gasteiger partial charge in [0.05, 0.1) is 6.61 Å². The maximum Gasteiger partial charge on any atom is 0.573 e. The van der Waals surface area contributed by atoms with Crippen LogP contribution in [-0.4, -0.2) is 60.0 Å². The molecule has 1 N–H and O–H groups in total. The van der Waals surface area contributed by atoms with Crippen LogP contribution >= 0.6 is 0 Å². The number of fused-ring (bicyclic) bond motifs is 1. The minimum atomic E-state index is -4.69. The minimum Gasteiger partial charge on any atom is -0.406 e. The van der Waals surface area contributed by atoms with E-state index in [2.05, 4.69) is 9.64 Å². The molecule has 2 saturated heterocycles. The number of aliphatic hydroxyl groups is 1. The number of alkyl halides is 3. The molecular formula is C18H23F3N2O3. The van der Waals surface area contributed by atoms with Gasteiger partial charge >= 0.3 is 6.36 Å². The van der Waals surface area contributed by atoms with Crippen LogP contribution in [0.1, 0.15) is 18.9 Å². The van der Waals surface area contributed by atoms with Gasteiger partial charge in [-0.3, -0.25) is 9.69 Å².